The van der Waals surface area contributed by atoms with Crippen molar-refractivity contribution in [2.24, 2.45) is 0 Å². The van der Waals surface area contributed by atoms with Crippen LogP contribution in [0.1, 0.15) is 37.0 Å². The number of nitrogens with zero attached hydrogens (tertiary/aromatic N) is 1. The molecule has 0 saturated heterocycles. The van der Waals surface area contributed by atoms with Crippen LogP contribution in [0, 0.1) is 6.92 Å². The molecule has 3 aromatic rings. The number of likely N-dealkylation sites (N-methyl/N-ethyl adjacent to an activating group) is 1. The lowest BCUT2D eigenvalue weighted by atomic mass is 10.0. The molecular formula is C26H30N2O2. The third kappa shape index (κ3) is 5.26. The lowest BCUT2D eigenvalue weighted by molar-refractivity contribution is -0.140. The third-order valence-corrected chi connectivity index (χ3v) is 5.48. The standard InChI is InChI=1S/C26H30N2O2/c1-4-27-26(30)20(3)28(18-21-14-12-19(2)13-15-21)25(29)17-16-23-10-7-9-22-8-5-6-11-24(22)23/h5-15,20H,4,16-18H2,1-3H3,(H,27,30)/t20-/m1/s1. The second-order valence-electron chi connectivity index (χ2n) is 7.72. The summed E-state index contributed by atoms with van der Waals surface area (Å²) >= 11 is 0. The molecule has 156 valence electrons. The molecule has 0 aliphatic carbocycles. The van der Waals surface area contributed by atoms with E-state index < -0.39 is 6.04 Å². The highest BCUT2D eigenvalue weighted by Gasteiger charge is 2.25. The Balaban J connectivity index is 1.78. The van der Waals surface area contributed by atoms with Gasteiger partial charge < -0.3 is 10.2 Å². The Morgan fingerprint density at radius 2 is 1.67 bits per heavy atom. The normalized spacial score (nSPS) is 11.8. The van der Waals surface area contributed by atoms with E-state index >= 15 is 0 Å². The smallest absolute Gasteiger partial charge is 0.242 e. The van der Waals surface area contributed by atoms with Gasteiger partial charge in [-0.25, -0.2) is 0 Å². The molecule has 0 saturated carbocycles. The average molecular weight is 403 g/mol. The van der Waals surface area contributed by atoms with E-state index in [1.807, 2.05) is 56.3 Å². The first-order chi connectivity index (χ1) is 14.5. The molecule has 0 fully saturated rings. The van der Waals surface area contributed by atoms with E-state index in [2.05, 4.69) is 29.6 Å². The number of aryl methyl sites for hydroxylation is 2. The van der Waals surface area contributed by atoms with Gasteiger partial charge in [0.25, 0.3) is 0 Å². The van der Waals surface area contributed by atoms with Crippen molar-refractivity contribution in [1.29, 1.82) is 0 Å². The number of amides is 2. The van der Waals surface area contributed by atoms with Crippen LogP contribution in [0.25, 0.3) is 10.8 Å². The summed E-state index contributed by atoms with van der Waals surface area (Å²) in [6.07, 6.45) is 1.01. The summed E-state index contributed by atoms with van der Waals surface area (Å²) in [4.78, 5) is 27.4. The molecule has 4 nitrogen and oxygen atoms in total. The van der Waals surface area contributed by atoms with Crippen molar-refractivity contribution in [3.63, 3.8) is 0 Å². The third-order valence-electron chi connectivity index (χ3n) is 5.48. The van der Waals surface area contributed by atoms with Crippen molar-refractivity contribution in [2.45, 2.75) is 46.2 Å². The van der Waals surface area contributed by atoms with Crippen LogP contribution in [-0.4, -0.2) is 29.3 Å². The molecule has 4 heteroatoms. The molecule has 2 amide bonds. The molecule has 0 bridgehead atoms. The largest absolute Gasteiger partial charge is 0.355 e. The molecule has 0 aromatic heterocycles. The van der Waals surface area contributed by atoms with Gasteiger partial charge in [0.05, 0.1) is 0 Å². The minimum absolute atomic E-state index is 0.0118. The highest BCUT2D eigenvalue weighted by atomic mass is 16.2. The van der Waals surface area contributed by atoms with Crippen molar-refractivity contribution in [3.8, 4) is 0 Å². The van der Waals surface area contributed by atoms with E-state index in [9.17, 15) is 9.59 Å². The van der Waals surface area contributed by atoms with Gasteiger partial charge in [-0.05, 0) is 49.1 Å². The fourth-order valence-corrected chi connectivity index (χ4v) is 3.69. The highest BCUT2D eigenvalue weighted by molar-refractivity contribution is 5.88. The van der Waals surface area contributed by atoms with Gasteiger partial charge in [-0.3, -0.25) is 9.59 Å². The Hall–Kier alpha value is -3.14. The molecule has 3 aromatic carbocycles. The lowest BCUT2D eigenvalue weighted by Gasteiger charge is -2.29. The van der Waals surface area contributed by atoms with Crippen LogP contribution in [0.3, 0.4) is 0 Å². The molecule has 30 heavy (non-hydrogen) atoms. The first-order valence-electron chi connectivity index (χ1n) is 10.6. The summed E-state index contributed by atoms with van der Waals surface area (Å²) in [5.74, 6) is -0.134. The number of carbonyl (C=O) groups is 2. The van der Waals surface area contributed by atoms with Gasteiger partial charge in [0.1, 0.15) is 6.04 Å². The van der Waals surface area contributed by atoms with Crippen LogP contribution in [0.4, 0.5) is 0 Å². The van der Waals surface area contributed by atoms with Crippen LogP contribution < -0.4 is 5.32 Å². The van der Waals surface area contributed by atoms with Gasteiger partial charge in [0.2, 0.25) is 11.8 Å². The van der Waals surface area contributed by atoms with Crippen LogP contribution >= 0.6 is 0 Å². The molecule has 0 radical (unpaired) electrons. The van der Waals surface area contributed by atoms with Crippen molar-refractivity contribution >= 4 is 22.6 Å². The maximum atomic E-state index is 13.2. The first kappa shape index (κ1) is 21.6. The van der Waals surface area contributed by atoms with Gasteiger partial charge in [-0.2, -0.15) is 0 Å². The van der Waals surface area contributed by atoms with Crippen molar-refractivity contribution in [1.82, 2.24) is 10.2 Å². The Bertz CT molecular complexity index is 1010. The van der Waals surface area contributed by atoms with E-state index in [0.29, 0.717) is 25.9 Å². The maximum Gasteiger partial charge on any atom is 0.242 e. The van der Waals surface area contributed by atoms with Gasteiger partial charge >= 0.3 is 0 Å². The van der Waals surface area contributed by atoms with Crippen LogP contribution in [-0.2, 0) is 22.6 Å². The Kier molecular flexibility index (Phi) is 7.23. The summed E-state index contributed by atoms with van der Waals surface area (Å²) in [5.41, 5.74) is 3.35. The quantitative estimate of drug-likeness (QED) is 0.597. The van der Waals surface area contributed by atoms with Gasteiger partial charge in [0.15, 0.2) is 0 Å². The Labute approximate surface area is 178 Å². The van der Waals surface area contributed by atoms with E-state index in [0.717, 1.165) is 11.1 Å². The molecule has 0 aliphatic heterocycles. The molecule has 3 rings (SSSR count). The highest BCUT2D eigenvalue weighted by Crippen LogP contribution is 2.21. The topological polar surface area (TPSA) is 49.4 Å². The predicted molar refractivity (Wildman–Crippen MR) is 122 cm³/mol. The van der Waals surface area contributed by atoms with Crippen molar-refractivity contribution in [3.05, 3.63) is 83.4 Å². The zero-order valence-corrected chi connectivity index (χ0v) is 18.0. The number of rotatable bonds is 8. The fourth-order valence-electron chi connectivity index (χ4n) is 3.69. The van der Waals surface area contributed by atoms with Crippen molar-refractivity contribution in [2.75, 3.05) is 6.54 Å². The molecule has 0 unspecified atom stereocenters. The van der Waals surface area contributed by atoms with E-state index in [1.54, 1.807) is 11.8 Å². The number of nitrogens with one attached hydrogen (secondary N) is 1. The predicted octanol–water partition coefficient (Wildman–Crippen LogP) is 4.63. The van der Waals surface area contributed by atoms with Crippen molar-refractivity contribution < 1.29 is 9.59 Å². The number of hydrogen-bond acceptors (Lipinski definition) is 2. The van der Waals surface area contributed by atoms with Gasteiger partial charge in [0, 0.05) is 19.5 Å². The Morgan fingerprint density at radius 1 is 0.967 bits per heavy atom. The minimum atomic E-state index is -0.522. The molecule has 0 aliphatic rings. The van der Waals surface area contributed by atoms with Crippen LogP contribution in [0.2, 0.25) is 0 Å². The molecule has 0 heterocycles. The van der Waals surface area contributed by atoms with Crippen LogP contribution in [0.15, 0.2) is 66.7 Å². The lowest BCUT2D eigenvalue weighted by Crippen LogP contribution is -2.47. The Morgan fingerprint density at radius 3 is 2.40 bits per heavy atom. The minimum Gasteiger partial charge on any atom is -0.355 e. The zero-order chi connectivity index (χ0) is 21.5. The maximum absolute atomic E-state index is 13.2. The van der Waals surface area contributed by atoms with E-state index in [1.165, 1.54) is 16.3 Å². The van der Waals surface area contributed by atoms with Crippen LogP contribution in [0.5, 0.6) is 0 Å². The van der Waals surface area contributed by atoms with Gasteiger partial charge in [-0.1, -0.05) is 72.3 Å². The first-order valence-corrected chi connectivity index (χ1v) is 10.6. The summed E-state index contributed by atoms with van der Waals surface area (Å²) in [7, 11) is 0. The molecular weight excluding hydrogens is 372 g/mol. The van der Waals surface area contributed by atoms with E-state index in [4.69, 9.17) is 0 Å². The SMILES string of the molecule is CCNC(=O)[C@@H](C)N(Cc1ccc(C)cc1)C(=O)CCc1cccc2ccccc12. The monoisotopic (exact) mass is 402 g/mol. The average Bonchev–Trinajstić information content (AvgIpc) is 2.76. The second kappa shape index (κ2) is 10.1. The van der Waals surface area contributed by atoms with Gasteiger partial charge in [-0.15, -0.1) is 0 Å². The summed E-state index contributed by atoms with van der Waals surface area (Å²) in [6, 6.07) is 22.0. The number of benzene rings is 3. The number of carbonyl (C=O) groups excluding carboxylic acids is 2. The summed E-state index contributed by atoms with van der Waals surface area (Å²) in [5, 5.41) is 5.19. The summed E-state index contributed by atoms with van der Waals surface area (Å²) in [6.45, 7) is 6.69. The zero-order valence-electron chi connectivity index (χ0n) is 18.0. The second-order valence-corrected chi connectivity index (χ2v) is 7.72. The molecule has 1 atom stereocenters. The molecule has 0 spiro atoms. The van der Waals surface area contributed by atoms with E-state index in [-0.39, 0.29) is 11.8 Å². The summed E-state index contributed by atoms with van der Waals surface area (Å²) < 4.78 is 0. The number of fused-ring (bicyclic) bond motifs is 1. The number of hydrogen-bond donors (Lipinski definition) is 1. The molecule has 1 N–H and O–H groups in total. The fraction of sp³-hybridized carbons (Fsp3) is 0.308.